The van der Waals surface area contributed by atoms with E-state index in [-0.39, 0.29) is 19.0 Å². The SMILES string of the molecule is CCOC(=O)CN(C)C(=O)Cn1ccc(N)n1. The van der Waals surface area contributed by atoms with Crippen LogP contribution in [0.15, 0.2) is 12.3 Å². The maximum absolute atomic E-state index is 11.7. The third-order valence-corrected chi connectivity index (χ3v) is 2.06. The maximum Gasteiger partial charge on any atom is 0.325 e. The number of rotatable bonds is 5. The van der Waals surface area contributed by atoms with Crippen LogP contribution in [0.3, 0.4) is 0 Å². The molecule has 1 aromatic heterocycles. The van der Waals surface area contributed by atoms with Gasteiger partial charge in [-0.05, 0) is 13.0 Å². The van der Waals surface area contributed by atoms with Crippen LogP contribution in [0.25, 0.3) is 0 Å². The molecule has 1 heterocycles. The van der Waals surface area contributed by atoms with Gasteiger partial charge in [0.15, 0.2) is 0 Å². The predicted molar refractivity (Wildman–Crippen MR) is 60.9 cm³/mol. The number of carbonyl (C=O) groups is 2. The van der Waals surface area contributed by atoms with Gasteiger partial charge in [-0.15, -0.1) is 0 Å². The lowest BCUT2D eigenvalue weighted by Gasteiger charge is -2.15. The van der Waals surface area contributed by atoms with E-state index in [4.69, 9.17) is 10.5 Å². The molecule has 0 unspecified atom stereocenters. The Balaban J connectivity index is 2.44. The highest BCUT2D eigenvalue weighted by molar-refractivity contribution is 5.81. The van der Waals surface area contributed by atoms with Crippen molar-refractivity contribution in [3.63, 3.8) is 0 Å². The first kappa shape index (κ1) is 13.0. The van der Waals surface area contributed by atoms with Crippen molar-refractivity contribution >= 4 is 17.7 Å². The van der Waals surface area contributed by atoms with Crippen LogP contribution in [0, 0.1) is 0 Å². The monoisotopic (exact) mass is 240 g/mol. The van der Waals surface area contributed by atoms with E-state index in [1.165, 1.54) is 16.6 Å². The lowest BCUT2D eigenvalue weighted by atomic mass is 10.5. The van der Waals surface area contributed by atoms with Gasteiger partial charge in [-0.3, -0.25) is 14.3 Å². The van der Waals surface area contributed by atoms with Crippen LogP contribution in [-0.2, 0) is 20.9 Å². The number of amides is 1. The van der Waals surface area contributed by atoms with Gasteiger partial charge in [0.25, 0.3) is 0 Å². The number of likely N-dealkylation sites (N-methyl/N-ethyl adjacent to an activating group) is 1. The summed E-state index contributed by atoms with van der Waals surface area (Å²) in [4.78, 5) is 24.1. The maximum atomic E-state index is 11.7. The third kappa shape index (κ3) is 4.13. The molecule has 1 aromatic rings. The summed E-state index contributed by atoms with van der Waals surface area (Å²) >= 11 is 0. The summed E-state index contributed by atoms with van der Waals surface area (Å²) in [6.45, 7) is 2.00. The predicted octanol–water partition coefficient (Wildman–Crippen LogP) is -0.513. The van der Waals surface area contributed by atoms with Crippen LogP contribution in [0.2, 0.25) is 0 Å². The van der Waals surface area contributed by atoms with Gasteiger partial charge in [-0.25, -0.2) is 0 Å². The van der Waals surface area contributed by atoms with Gasteiger partial charge in [0.05, 0.1) is 6.61 Å². The van der Waals surface area contributed by atoms with Crippen molar-refractivity contribution in [2.24, 2.45) is 0 Å². The molecule has 0 aliphatic rings. The quantitative estimate of drug-likeness (QED) is 0.700. The van der Waals surface area contributed by atoms with Crippen LogP contribution < -0.4 is 5.73 Å². The van der Waals surface area contributed by atoms with Crippen LogP contribution in [0.5, 0.6) is 0 Å². The number of esters is 1. The molecule has 2 N–H and O–H groups in total. The Morgan fingerprint density at radius 2 is 2.29 bits per heavy atom. The Bertz CT molecular complexity index is 402. The fourth-order valence-corrected chi connectivity index (χ4v) is 1.21. The molecule has 0 aliphatic carbocycles. The fraction of sp³-hybridized carbons (Fsp3) is 0.500. The highest BCUT2D eigenvalue weighted by Crippen LogP contribution is 1.97. The number of hydrogen-bond donors (Lipinski definition) is 1. The second-order valence-corrected chi connectivity index (χ2v) is 3.49. The molecule has 0 fully saturated rings. The van der Waals surface area contributed by atoms with E-state index in [9.17, 15) is 9.59 Å². The van der Waals surface area contributed by atoms with E-state index < -0.39 is 5.97 Å². The van der Waals surface area contributed by atoms with Gasteiger partial charge in [0.1, 0.15) is 18.9 Å². The second-order valence-electron chi connectivity index (χ2n) is 3.49. The van der Waals surface area contributed by atoms with E-state index in [0.29, 0.717) is 12.4 Å². The molecule has 0 atom stereocenters. The molecule has 0 saturated carbocycles. The Kier molecular flexibility index (Phi) is 4.50. The smallest absolute Gasteiger partial charge is 0.325 e. The first-order chi connectivity index (χ1) is 8.02. The first-order valence-electron chi connectivity index (χ1n) is 5.21. The van der Waals surface area contributed by atoms with Gasteiger partial charge < -0.3 is 15.4 Å². The number of hydrogen-bond acceptors (Lipinski definition) is 5. The van der Waals surface area contributed by atoms with E-state index in [0.717, 1.165) is 0 Å². The second kappa shape index (κ2) is 5.88. The molecule has 17 heavy (non-hydrogen) atoms. The zero-order chi connectivity index (χ0) is 12.8. The normalized spacial score (nSPS) is 10.0. The number of aromatic nitrogens is 2. The van der Waals surface area contributed by atoms with Crippen molar-refractivity contribution in [3.05, 3.63) is 12.3 Å². The number of nitrogens with zero attached hydrogens (tertiary/aromatic N) is 3. The first-order valence-corrected chi connectivity index (χ1v) is 5.21. The van der Waals surface area contributed by atoms with Crippen molar-refractivity contribution in [2.45, 2.75) is 13.5 Å². The Morgan fingerprint density at radius 3 is 2.82 bits per heavy atom. The summed E-state index contributed by atoms with van der Waals surface area (Å²) in [5.74, 6) is -0.310. The van der Waals surface area contributed by atoms with Gasteiger partial charge in [-0.2, -0.15) is 5.10 Å². The summed E-state index contributed by atoms with van der Waals surface area (Å²) < 4.78 is 6.16. The van der Waals surface area contributed by atoms with E-state index >= 15 is 0 Å². The molecule has 94 valence electrons. The third-order valence-electron chi connectivity index (χ3n) is 2.06. The minimum absolute atomic E-state index is 0.0487. The van der Waals surface area contributed by atoms with Crippen molar-refractivity contribution in [2.75, 3.05) is 25.9 Å². The van der Waals surface area contributed by atoms with Gasteiger partial charge in [0.2, 0.25) is 5.91 Å². The summed E-state index contributed by atoms with van der Waals surface area (Å²) in [5.41, 5.74) is 5.42. The molecule has 0 aliphatic heterocycles. The molecule has 1 rings (SSSR count). The number of carbonyl (C=O) groups excluding carboxylic acids is 2. The minimum Gasteiger partial charge on any atom is -0.465 e. The summed E-state index contributed by atoms with van der Waals surface area (Å²) in [6.07, 6.45) is 1.60. The topological polar surface area (TPSA) is 90.5 Å². The molecule has 0 spiro atoms. The summed E-state index contributed by atoms with van der Waals surface area (Å²) in [6, 6.07) is 1.60. The number of ether oxygens (including phenoxy) is 1. The van der Waals surface area contributed by atoms with Crippen LogP contribution in [-0.4, -0.2) is 46.8 Å². The van der Waals surface area contributed by atoms with Crippen LogP contribution in [0.1, 0.15) is 6.92 Å². The van der Waals surface area contributed by atoms with Gasteiger partial charge >= 0.3 is 5.97 Å². The lowest BCUT2D eigenvalue weighted by Crippen LogP contribution is -2.35. The van der Waals surface area contributed by atoms with Crippen LogP contribution in [0.4, 0.5) is 5.82 Å². The van der Waals surface area contributed by atoms with Crippen molar-refractivity contribution in [1.82, 2.24) is 14.7 Å². The van der Waals surface area contributed by atoms with Crippen molar-refractivity contribution < 1.29 is 14.3 Å². The molecule has 0 radical (unpaired) electrons. The molecular formula is C10H16N4O3. The average Bonchev–Trinajstić information content (AvgIpc) is 2.64. The van der Waals surface area contributed by atoms with E-state index in [1.54, 1.807) is 19.2 Å². The largest absolute Gasteiger partial charge is 0.465 e. The molecule has 0 saturated heterocycles. The fourth-order valence-electron chi connectivity index (χ4n) is 1.21. The van der Waals surface area contributed by atoms with Gasteiger partial charge in [-0.1, -0.05) is 0 Å². The van der Waals surface area contributed by atoms with Crippen LogP contribution >= 0.6 is 0 Å². The number of nitrogen functional groups attached to an aromatic ring is 1. The summed E-state index contributed by atoms with van der Waals surface area (Å²) in [5, 5.41) is 3.88. The van der Waals surface area contributed by atoms with E-state index in [1.807, 2.05) is 0 Å². The molecule has 7 nitrogen and oxygen atoms in total. The molecule has 7 heteroatoms. The Labute approximate surface area is 99.1 Å². The number of nitrogens with two attached hydrogens (primary N) is 1. The van der Waals surface area contributed by atoms with Gasteiger partial charge in [0, 0.05) is 13.2 Å². The molecule has 0 bridgehead atoms. The molecular weight excluding hydrogens is 224 g/mol. The lowest BCUT2D eigenvalue weighted by molar-refractivity contribution is -0.148. The van der Waals surface area contributed by atoms with Crippen molar-refractivity contribution in [1.29, 1.82) is 0 Å². The highest BCUT2D eigenvalue weighted by atomic mass is 16.5. The van der Waals surface area contributed by atoms with Crippen molar-refractivity contribution in [3.8, 4) is 0 Å². The Hall–Kier alpha value is -2.05. The van der Waals surface area contributed by atoms with E-state index in [2.05, 4.69) is 5.10 Å². The molecule has 0 aromatic carbocycles. The standard InChI is InChI=1S/C10H16N4O3/c1-3-17-10(16)7-13(2)9(15)6-14-5-4-8(11)12-14/h4-5H,3,6-7H2,1-2H3,(H2,11,12). The number of anilines is 1. The summed E-state index contributed by atoms with van der Waals surface area (Å²) in [7, 11) is 1.53. The highest BCUT2D eigenvalue weighted by Gasteiger charge is 2.14. The zero-order valence-electron chi connectivity index (χ0n) is 9.92. The molecule has 1 amide bonds. The zero-order valence-corrected chi connectivity index (χ0v) is 9.92. The minimum atomic E-state index is -0.427. The average molecular weight is 240 g/mol. The Morgan fingerprint density at radius 1 is 1.59 bits per heavy atom.